The molecule has 10 nitrogen and oxygen atoms in total. The summed E-state index contributed by atoms with van der Waals surface area (Å²) in [5.41, 5.74) is -3.09. The Morgan fingerprint density at radius 3 is 1.50 bits per heavy atom. The van der Waals surface area contributed by atoms with Gasteiger partial charge in [0.05, 0.1) is 12.8 Å². The topological polar surface area (TPSA) is 175 Å². The minimum atomic E-state index is -5.33. The highest BCUT2D eigenvalue weighted by atomic mass is 32.3. The van der Waals surface area contributed by atoms with Crippen LogP contribution in [0.1, 0.15) is 12.8 Å². The van der Waals surface area contributed by atoms with Crippen molar-refractivity contribution in [3.8, 4) is 0 Å². The van der Waals surface area contributed by atoms with Gasteiger partial charge in [-0.2, -0.15) is 8.42 Å². The number of carbonyl (C=O) groups is 3. The van der Waals surface area contributed by atoms with Gasteiger partial charge in [0.2, 0.25) is 5.60 Å². The first-order valence-corrected chi connectivity index (χ1v) is 5.20. The van der Waals surface area contributed by atoms with Gasteiger partial charge in [-0.05, 0) is 0 Å². The minimum Gasteiger partial charge on any atom is -0.481 e. The van der Waals surface area contributed by atoms with Crippen LogP contribution in [0.15, 0.2) is 0 Å². The molecule has 0 aliphatic carbocycles. The third-order valence-electron chi connectivity index (χ3n) is 1.53. The van der Waals surface area contributed by atoms with Crippen LogP contribution in [-0.2, 0) is 29.0 Å². The lowest BCUT2D eigenvalue weighted by Gasteiger charge is -2.23. The van der Waals surface area contributed by atoms with Gasteiger partial charge in [-0.15, -0.1) is 0 Å². The van der Waals surface area contributed by atoms with Crippen molar-refractivity contribution in [2.75, 3.05) is 0 Å². The summed E-state index contributed by atoms with van der Waals surface area (Å²) in [5, 5.41) is 25.4. The molecule has 0 aromatic heterocycles. The van der Waals surface area contributed by atoms with Crippen LogP contribution in [0, 0.1) is 0 Å². The van der Waals surface area contributed by atoms with Gasteiger partial charge in [0.25, 0.3) is 0 Å². The number of aliphatic carboxylic acids is 3. The number of carboxylic acids is 3. The summed E-state index contributed by atoms with van der Waals surface area (Å²) in [6.45, 7) is 0. The maximum absolute atomic E-state index is 10.7. The fraction of sp³-hybridized carbons (Fsp3) is 0.500. The van der Waals surface area contributed by atoms with E-state index in [1.54, 1.807) is 0 Å². The van der Waals surface area contributed by atoms with Crippen LogP contribution in [0.2, 0.25) is 0 Å². The lowest BCUT2D eigenvalue weighted by Crippen LogP contribution is -2.46. The lowest BCUT2D eigenvalue weighted by molar-refractivity contribution is -0.167. The number of carboxylic acid groups (broad SMARTS) is 3. The van der Waals surface area contributed by atoms with Crippen molar-refractivity contribution in [2.24, 2.45) is 0 Å². The molecule has 0 aromatic rings. The van der Waals surface area contributed by atoms with Gasteiger partial charge < -0.3 is 15.3 Å². The third-order valence-corrected chi connectivity index (χ3v) is 2.06. The van der Waals surface area contributed by atoms with Crippen LogP contribution in [0.25, 0.3) is 0 Å². The molecule has 0 amide bonds. The van der Waals surface area contributed by atoms with Crippen LogP contribution in [0.5, 0.6) is 0 Å². The molecular weight excluding hydrogens is 291 g/mol. The zero-order valence-corrected chi connectivity index (χ0v) is 8.88. The zero-order chi connectivity index (χ0) is 13.9. The first kappa shape index (κ1) is 19.2. The van der Waals surface area contributed by atoms with E-state index in [1.165, 1.54) is 0 Å². The fourth-order valence-corrected chi connectivity index (χ4v) is 1.59. The standard InChI is InChI=1S/C6H8O10S.Al.3H/c7-3(8)1-6(5(11)12,2-4(9)10)16-17(13,14)15;;;;/h1-2H2,(H,7,8)(H,9,10)(H,11,12)(H,13,14,15);;;;. The van der Waals surface area contributed by atoms with Gasteiger partial charge in [-0.3, -0.25) is 14.1 Å². The van der Waals surface area contributed by atoms with Gasteiger partial charge in [0, 0.05) is 0 Å². The van der Waals surface area contributed by atoms with E-state index in [0.29, 0.717) is 0 Å². The van der Waals surface area contributed by atoms with Crippen LogP contribution in [0.4, 0.5) is 0 Å². The quantitative estimate of drug-likeness (QED) is 0.288. The van der Waals surface area contributed by atoms with E-state index >= 15 is 0 Å². The van der Waals surface area contributed by atoms with Crippen molar-refractivity contribution in [2.45, 2.75) is 18.4 Å². The average Bonchev–Trinajstić information content (AvgIpc) is 1.96. The second kappa shape index (κ2) is 6.67. The summed E-state index contributed by atoms with van der Waals surface area (Å²) >= 11 is 0. The molecule has 0 aromatic carbocycles. The van der Waals surface area contributed by atoms with Gasteiger partial charge in [0.15, 0.2) is 17.4 Å². The van der Waals surface area contributed by atoms with E-state index in [1.807, 2.05) is 0 Å². The summed E-state index contributed by atoms with van der Waals surface area (Å²) in [7, 11) is -5.33. The predicted octanol–water partition coefficient (Wildman–Crippen LogP) is -2.61. The van der Waals surface area contributed by atoms with E-state index < -0.39 is 46.7 Å². The Labute approximate surface area is 111 Å². The molecule has 0 heterocycles. The smallest absolute Gasteiger partial charge is 0.398 e. The molecule has 0 atom stereocenters. The molecule has 0 bridgehead atoms. The van der Waals surface area contributed by atoms with Crippen LogP contribution >= 0.6 is 0 Å². The summed E-state index contributed by atoms with van der Waals surface area (Å²) < 4.78 is 32.8. The Bertz CT molecular complexity index is 423. The Hall–Kier alpha value is -1.19. The zero-order valence-electron chi connectivity index (χ0n) is 8.06. The van der Waals surface area contributed by atoms with Crippen LogP contribution in [-0.4, -0.2) is 69.2 Å². The van der Waals surface area contributed by atoms with Crippen LogP contribution < -0.4 is 0 Å². The molecular formula is C6H11AlO10S. The maximum atomic E-state index is 10.7. The van der Waals surface area contributed by atoms with Gasteiger partial charge in [-0.1, -0.05) is 0 Å². The molecule has 104 valence electrons. The Morgan fingerprint density at radius 2 is 1.33 bits per heavy atom. The molecule has 18 heavy (non-hydrogen) atoms. The van der Waals surface area contributed by atoms with Gasteiger partial charge in [0.1, 0.15) is 0 Å². The first-order valence-electron chi connectivity index (χ1n) is 3.83. The predicted molar refractivity (Wildman–Crippen MR) is 57.4 cm³/mol. The van der Waals surface area contributed by atoms with Crippen molar-refractivity contribution < 1.29 is 46.9 Å². The van der Waals surface area contributed by atoms with Crippen molar-refractivity contribution in [1.29, 1.82) is 0 Å². The van der Waals surface area contributed by atoms with E-state index in [9.17, 15) is 22.8 Å². The van der Waals surface area contributed by atoms with E-state index in [-0.39, 0.29) is 17.4 Å². The Kier molecular flexibility index (Phi) is 7.10. The van der Waals surface area contributed by atoms with E-state index in [4.69, 9.17) is 19.9 Å². The normalized spacial score (nSPS) is 11.4. The van der Waals surface area contributed by atoms with Crippen molar-refractivity contribution in [3.63, 3.8) is 0 Å². The fourth-order valence-electron chi connectivity index (χ4n) is 0.998. The number of rotatable bonds is 7. The molecule has 0 aliphatic rings. The molecule has 0 fully saturated rings. The minimum absolute atomic E-state index is 0. The monoisotopic (exact) mass is 302 g/mol. The van der Waals surface area contributed by atoms with Crippen molar-refractivity contribution in [3.05, 3.63) is 0 Å². The summed E-state index contributed by atoms with van der Waals surface area (Å²) in [6, 6.07) is 0. The first-order chi connectivity index (χ1) is 7.48. The molecule has 0 saturated carbocycles. The highest BCUT2D eigenvalue weighted by Crippen LogP contribution is 2.24. The molecule has 0 saturated heterocycles. The largest absolute Gasteiger partial charge is 0.481 e. The second-order valence-electron chi connectivity index (χ2n) is 2.95. The molecule has 4 N–H and O–H groups in total. The summed E-state index contributed by atoms with van der Waals surface area (Å²) in [6.07, 6.45) is -2.90. The highest BCUT2D eigenvalue weighted by Gasteiger charge is 2.48. The Balaban J connectivity index is 0. The average molecular weight is 302 g/mol. The van der Waals surface area contributed by atoms with Crippen LogP contribution in [0.3, 0.4) is 0 Å². The lowest BCUT2D eigenvalue weighted by atomic mass is 9.96. The van der Waals surface area contributed by atoms with Gasteiger partial charge >= 0.3 is 28.3 Å². The maximum Gasteiger partial charge on any atom is 0.398 e. The molecule has 0 unspecified atom stereocenters. The summed E-state index contributed by atoms with van der Waals surface area (Å²) in [5.74, 6) is -5.76. The summed E-state index contributed by atoms with van der Waals surface area (Å²) in [4.78, 5) is 31.5. The van der Waals surface area contributed by atoms with E-state index in [0.717, 1.165) is 0 Å². The number of hydrogen-bond donors (Lipinski definition) is 4. The van der Waals surface area contributed by atoms with Crippen molar-refractivity contribution in [1.82, 2.24) is 0 Å². The Morgan fingerprint density at radius 1 is 1.00 bits per heavy atom. The third kappa shape index (κ3) is 6.52. The molecule has 0 rings (SSSR count). The van der Waals surface area contributed by atoms with E-state index in [2.05, 4.69) is 4.18 Å². The molecule has 0 aliphatic heterocycles. The molecule has 0 spiro atoms. The molecule has 0 radical (unpaired) electrons. The van der Waals surface area contributed by atoms with Crippen molar-refractivity contribution >= 4 is 45.7 Å². The SMILES string of the molecule is O=C(O)CC(CC(=O)O)(OS(=O)(=O)O)C(=O)O.[AlH3]. The second-order valence-corrected chi connectivity index (χ2v) is 3.97. The highest BCUT2D eigenvalue weighted by molar-refractivity contribution is 7.81. The molecule has 12 heteroatoms. The van der Waals surface area contributed by atoms with Gasteiger partial charge in [-0.25, -0.2) is 8.98 Å². The number of hydrogen-bond acceptors (Lipinski definition) is 6.